The van der Waals surface area contributed by atoms with Crippen molar-refractivity contribution in [1.29, 1.82) is 0 Å². The molecular weight excluding hydrogens is 455 g/mol. The van der Waals surface area contributed by atoms with Gasteiger partial charge in [0, 0.05) is 31.9 Å². The van der Waals surface area contributed by atoms with Crippen LogP contribution in [0.5, 0.6) is 0 Å². The van der Waals surface area contributed by atoms with Crippen LogP contribution >= 0.6 is 11.3 Å². The third-order valence-electron chi connectivity index (χ3n) is 5.50. The zero-order chi connectivity index (χ0) is 24.3. The quantitative estimate of drug-likeness (QED) is 0.391. The minimum absolute atomic E-state index is 0.0227. The second kappa shape index (κ2) is 9.79. The number of rotatable bonds is 4. The number of aliphatic imine (C=N–C) groups is 1. The lowest BCUT2D eigenvalue weighted by molar-refractivity contribution is 0.0964. The largest absolute Gasteiger partial charge is 0.403 e. The predicted octanol–water partition coefficient (Wildman–Crippen LogP) is 2.38. The zero-order valence-electron chi connectivity index (χ0n) is 18.2. The Balaban J connectivity index is 1.82. The van der Waals surface area contributed by atoms with E-state index in [1.807, 2.05) is 0 Å². The summed E-state index contributed by atoms with van der Waals surface area (Å²) in [6.07, 6.45) is 0.525. The summed E-state index contributed by atoms with van der Waals surface area (Å²) in [5.41, 5.74) is 16.3. The molecule has 0 saturated carbocycles. The zero-order valence-corrected chi connectivity index (χ0v) is 19.1. The molecule has 1 aliphatic heterocycles. The average molecular weight is 482 g/mol. The monoisotopic (exact) mass is 481 g/mol. The third-order valence-corrected chi connectivity index (χ3v) is 6.40. The Labute approximate surface area is 193 Å². The molecule has 1 saturated heterocycles. The first-order valence-electron chi connectivity index (χ1n) is 10.2. The maximum Gasteiger partial charge on any atom is 0.277 e. The molecule has 2 unspecified atom stereocenters. The first-order chi connectivity index (χ1) is 15.6. The van der Waals surface area contributed by atoms with Crippen LogP contribution in [-0.4, -0.2) is 53.5 Å². The average Bonchev–Trinajstić information content (AvgIpc) is 3.08. The molecule has 1 aromatic heterocycles. The van der Waals surface area contributed by atoms with Crippen molar-refractivity contribution in [3.8, 4) is 10.6 Å². The molecule has 2 heterocycles. The van der Waals surface area contributed by atoms with Gasteiger partial charge in [-0.2, -0.15) is 0 Å². The molecule has 0 aliphatic carbocycles. The van der Waals surface area contributed by atoms with Crippen LogP contribution in [0.15, 0.2) is 35.1 Å². The Bertz CT molecular complexity index is 1080. The molecule has 0 spiro atoms. The maximum atomic E-state index is 14.3. The van der Waals surface area contributed by atoms with Crippen molar-refractivity contribution in [1.82, 2.24) is 15.2 Å². The van der Waals surface area contributed by atoms with Crippen molar-refractivity contribution in [3.63, 3.8) is 0 Å². The van der Waals surface area contributed by atoms with E-state index in [4.69, 9.17) is 17.2 Å². The van der Waals surface area contributed by atoms with E-state index in [1.165, 1.54) is 13.1 Å². The first kappa shape index (κ1) is 24.5. The van der Waals surface area contributed by atoms with Gasteiger partial charge in [0.15, 0.2) is 5.69 Å². The molecule has 1 fully saturated rings. The van der Waals surface area contributed by atoms with Gasteiger partial charge in [0.25, 0.3) is 5.91 Å². The normalized spacial score (nSPS) is 22.2. The molecule has 33 heavy (non-hydrogen) atoms. The number of nitrogen functional groups attached to an aromatic ring is 1. The number of nitrogens with two attached hydrogens (primary N) is 3. The fourth-order valence-corrected chi connectivity index (χ4v) is 4.42. The number of benzene rings is 1. The summed E-state index contributed by atoms with van der Waals surface area (Å²) in [5.74, 6) is -2.04. The van der Waals surface area contributed by atoms with Crippen LogP contribution in [0.1, 0.15) is 30.3 Å². The highest BCUT2D eigenvalue weighted by Gasteiger charge is 2.35. The smallest absolute Gasteiger partial charge is 0.277 e. The molecule has 7 N–H and O–H groups in total. The van der Waals surface area contributed by atoms with Crippen molar-refractivity contribution in [2.75, 3.05) is 25.9 Å². The summed E-state index contributed by atoms with van der Waals surface area (Å²) in [6.45, 7) is 2.39. The number of carbonyl (C=O) groups excluding carboxylic acids is 1. The fourth-order valence-electron chi connectivity index (χ4n) is 3.54. The van der Waals surface area contributed by atoms with Crippen molar-refractivity contribution in [2.45, 2.75) is 31.5 Å². The highest BCUT2D eigenvalue weighted by Crippen LogP contribution is 2.33. The van der Waals surface area contributed by atoms with Gasteiger partial charge in [-0.15, -0.1) is 0 Å². The van der Waals surface area contributed by atoms with Crippen molar-refractivity contribution < 1.29 is 18.0 Å². The number of amides is 1. The van der Waals surface area contributed by atoms with Gasteiger partial charge in [-0.25, -0.2) is 18.2 Å². The Kier molecular flexibility index (Phi) is 7.28. The maximum absolute atomic E-state index is 14.3. The van der Waals surface area contributed by atoms with Crippen LogP contribution in [0.3, 0.4) is 0 Å². The number of thiazole rings is 1. The molecule has 2 aromatic rings. The van der Waals surface area contributed by atoms with Gasteiger partial charge < -0.3 is 27.4 Å². The van der Waals surface area contributed by atoms with Gasteiger partial charge in [-0.1, -0.05) is 17.4 Å². The van der Waals surface area contributed by atoms with E-state index in [2.05, 4.69) is 15.3 Å². The number of nitrogens with zero attached hydrogens (tertiary/aromatic N) is 3. The number of aromatic nitrogens is 1. The molecule has 0 bridgehead atoms. The lowest BCUT2D eigenvalue weighted by atomic mass is 9.93. The van der Waals surface area contributed by atoms with Crippen LogP contribution in [-0.2, 0) is 0 Å². The number of nitrogens with one attached hydrogen (secondary N) is 1. The van der Waals surface area contributed by atoms with E-state index in [1.54, 1.807) is 11.8 Å². The number of halogens is 3. The van der Waals surface area contributed by atoms with Gasteiger partial charge in [0.1, 0.15) is 33.7 Å². The van der Waals surface area contributed by atoms with Crippen LogP contribution in [0.25, 0.3) is 10.6 Å². The number of likely N-dealkylation sites (tertiary alicyclic amines) is 1. The lowest BCUT2D eigenvalue weighted by Crippen LogP contribution is -2.46. The minimum Gasteiger partial charge on any atom is -0.403 e. The summed E-state index contributed by atoms with van der Waals surface area (Å²) in [5, 5.41) is 2.50. The molecule has 1 aliphatic rings. The van der Waals surface area contributed by atoms with Crippen LogP contribution < -0.4 is 22.5 Å². The number of alkyl halides is 1. The molecule has 2 atom stereocenters. The second-order valence-corrected chi connectivity index (χ2v) is 8.94. The Morgan fingerprint density at radius 1 is 1.36 bits per heavy atom. The Hall–Kier alpha value is -3.12. The van der Waals surface area contributed by atoms with Gasteiger partial charge in [-0.3, -0.25) is 9.79 Å². The fraction of sp³-hybridized carbons (Fsp3) is 0.381. The SMILES string of the molecule is CN=C(/C(=C\N)NC(=O)c1nc(-c2c(F)cccc2F)sc1N)N1CCC(F)C(C)(N)CC1. The third kappa shape index (κ3) is 5.11. The molecule has 0 radical (unpaired) electrons. The summed E-state index contributed by atoms with van der Waals surface area (Å²) < 4.78 is 42.6. The van der Waals surface area contributed by atoms with Gasteiger partial charge >= 0.3 is 0 Å². The van der Waals surface area contributed by atoms with Gasteiger partial charge in [0.2, 0.25) is 0 Å². The predicted molar refractivity (Wildman–Crippen MR) is 123 cm³/mol. The highest BCUT2D eigenvalue weighted by atomic mass is 32.1. The second-order valence-electron chi connectivity index (χ2n) is 7.91. The van der Waals surface area contributed by atoms with Crippen molar-refractivity contribution in [3.05, 3.63) is 47.4 Å². The molecule has 8 nitrogen and oxygen atoms in total. The van der Waals surface area contributed by atoms with E-state index in [0.717, 1.165) is 29.7 Å². The molecule has 3 rings (SSSR count). The molecule has 12 heteroatoms. The minimum atomic E-state index is -1.19. The lowest BCUT2D eigenvalue weighted by Gasteiger charge is -2.27. The van der Waals surface area contributed by atoms with Crippen LogP contribution in [0.2, 0.25) is 0 Å². The summed E-state index contributed by atoms with van der Waals surface area (Å²) in [6, 6.07) is 3.40. The van der Waals surface area contributed by atoms with Crippen LogP contribution in [0.4, 0.5) is 18.2 Å². The Morgan fingerprint density at radius 2 is 2.03 bits per heavy atom. The number of carbonyl (C=O) groups is 1. The molecular formula is C21H26F3N7OS. The number of hydrogen-bond acceptors (Lipinski definition) is 7. The van der Waals surface area contributed by atoms with Crippen LogP contribution in [0, 0.1) is 11.6 Å². The molecule has 1 amide bonds. The molecule has 1 aromatic carbocycles. The topological polar surface area (TPSA) is 136 Å². The van der Waals surface area contributed by atoms with Gasteiger partial charge in [0.05, 0.1) is 11.3 Å². The standard InChI is InChI=1S/C21H26F3N7OS/c1-21(27)7-9-31(8-6-14(21)24)18(28-2)13(10-25)29-19(32)16-17(26)33-20(30-16)15-11(22)4-3-5-12(15)23/h3-5,10,14H,6-9,25-27H2,1-2H3,(H,29,32)/b13-10+,28-18?. The van der Waals surface area contributed by atoms with Crippen molar-refractivity contribution in [2.24, 2.45) is 16.5 Å². The van der Waals surface area contributed by atoms with E-state index in [-0.39, 0.29) is 33.4 Å². The van der Waals surface area contributed by atoms with E-state index in [9.17, 15) is 18.0 Å². The number of anilines is 1. The Morgan fingerprint density at radius 3 is 2.64 bits per heavy atom. The van der Waals surface area contributed by atoms with Crippen molar-refractivity contribution >= 4 is 28.1 Å². The summed E-state index contributed by atoms with van der Waals surface area (Å²) >= 11 is 0.783. The molecule has 178 valence electrons. The number of amidine groups is 1. The highest BCUT2D eigenvalue weighted by molar-refractivity contribution is 7.19. The van der Waals surface area contributed by atoms with Gasteiger partial charge in [-0.05, 0) is 31.9 Å². The first-order valence-corrected chi connectivity index (χ1v) is 11.0. The summed E-state index contributed by atoms with van der Waals surface area (Å²) in [4.78, 5) is 22.9. The summed E-state index contributed by atoms with van der Waals surface area (Å²) in [7, 11) is 1.51. The van der Waals surface area contributed by atoms with E-state index >= 15 is 0 Å². The van der Waals surface area contributed by atoms with E-state index in [0.29, 0.717) is 25.3 Å². The number of hydrogen-bond donors (Lipinski definition) is 4. The van der Waals surface area contributed by atoms with E-state index < -0.39 is 29.3 Å².